The standard InChI is InChI=1S/C17H24FN3O2/c1-3-12(2)19-17(23)20-16(22)11-21(15-8-9-15)10-13-4-6-14(18)7-5-13/h4-7,12,15H,3,8-11H2,1-2H3,(H2,19,20,22,23)/t12-/m1/s1. The fraction of sp³-hybridized carbons (Fsp3) is 0.529. The number of nitrogens with one attached hydrogen (secondary N) is 2. The van der Waals surface area contributed by atoms with E-state index in [9.17, 15) is 14.0 Å². The third-order valence-electron chi connectivity index (χ3n) is 3.95. The molecule has 1 aromatic carbocycles. The highest BCUT2D eigenvalue weighted by Crippen LogP contribution is 2.28. The maximum absolute atomic E-state index is 13.0. The first kappa shape index (κ1) is 17.4. The number of carbonyl (C=O) groups excluding carboxylic acids is 2. The van der Waals surface area contributed by atoms with Crippen molar-refractivity contribution in [2.24, 2.45) is 0 Å². The van der Waals surface area contributed by atoms with E-state index in [-0.39, 0.29) is 24.3 Å². The fourth-order valence-electron chi connectivity index (χ4n) is 2.29. The van der Waals surface area contributed by atoms with Gasteiger partial charge >= 0.3 is 6.03 Å². The molecule has 0 radical (unpaired) electrons. The van der Waals surface area contributed by atoms with Crippen molar-refractivity contribution in [1.82, 2.24) is 15.5 Å². The van der Waals surface area contributed by atoms with E-state index in [4.69, 9.17) is 0 Å². The topological polar surface area (TPSA) is 61.4 Å². The van der Waals surface area contributed by atoms with Crippen LogP contribution in [0.2, 0.25) is 0 Å². The molecule has 2 rings (SSSR count). The quantitative estimate of drug-likeness (QED) is 0.811. The van der Waals surface area contributed by atoms with E-state index in [1.165, 1.54) is 12.1 Å². The van der Waals surface area contributed by atoms with Gasteiger partial charge in [0.25, 0.3) is 0 Å². The zero-order valence-corrected chi connectivity index (χ0v) is 13.6. The van der Waals surface area contributed by atoms with Crippen LogP contribution in [0.4, 0.5) is 9.18 Å². The lowest BCUT2D eigenvalue weighted by atomic mass is 10.2. The van der Waals surface area contributed by atoms with E-state index in [1.54, 1.807) is 12.1 Å². The van der Waals surface area contributed by atoms with Gasteiger partial charge in [0.05, 0.1) is 6.54 Å². The number of hydrogen-bond acceptors (Lipinski definition) is 3. The Labute approximate surface area is 136 Å². The monoisotopic (exact) mass is 321 g/mol. The van der Waals surface area contributed by atoms with Crippen molar-refractivity contribution in [3.63, 3.8) is 0 Å². The summed E-state index contributed by atoms with van der Waals surface area (Å²) in [5.41, 5.74) is 0.954. The number of urea groups is 1. The van der Waals surface area contributed by atoms with Gasteiger partial charge in [-0.25, -0.2) is 9.18 Å². The molecule has 0 spiro atoms. The first-order valence-electron chi connectivity index (χ1n) is 8.06. The Morgan fingerprint density at radius 3 is 2.52 bits per heavy atom. The van der Waals surface area contributed by atoms with E-state index >= 15 is 0 Å². The average molecular weight is 321 g/mol. The van der Waals surface area contributed by atoms with Crippen LogP contribution in [0.15, 0.2) is 24.3 Å². The van der Waals surface area contributed by atoms with Gasteiger partial charge < -0.3 is 5.32 Å². The number of nitrogens with zero attached hydrogens (tertiary/aromatic N) is 1. The van der Waals surface area contributed by atoms with Crippen molar-refractivity contribution in [3.8, 4) is 0 Å². The van der Waals surface area contributed by atoms with Gasteiger partial charge in [0.2, 0.25) is 5.91 Å². The minimum Gasteiger partial charge on any atom is -0.335 e. The van der Waals surface area contributed by atoms with Crippen molar-refractivity contribution in [3.05, 3.63) is 35.6 Å². The number of hydrogen-bond donors (Lipinski definition) is 2. The Morgan fingerprint density at radius 1 is 1.30 bits per heavy atom. The first-order chi connectivity index (χ1) is 11.0. The third kappa shape index (κ3) is 5.98. The molecule has 1 atom stereocenters. The summed E-state index contributed by atoms with van der Waals surface area (Å²) in [6.07, 6.45) is 2.90. The molecule has 5 nitrogen and oxygen atoms in total. The minimum absolute atomic E-state index is 0.0292. The summed E-state index contributed by atoms with van der Waals surface area (Å²) in [4.78, 5) is 25.7. The SMILES string of the molecule is CC[C@@H](C)NC(=O)NC(=O)CN(Cc1ccc(F)cc1)C1CC1. The third-order valence-corrected chi connectivity index (χ3v) is 3.95. The molecule has 23 heavy (non-hydrogen) atoms. The molecule has 1 fully saturated rings. The Morgan fingerprint density at radius 2 is 1.96 bits per heavy atom. The number of rotatable bonds is 7. The molecule has 1 aliphatic rings. The van der Waals surface area contributed by atoms with Crippen molar-refractivity contribution in [2.75, 3.05) is 6.54 Å². The minimum atomic E-state index is -0.457. The maximum Gasteiger partial charge on any atom is 0.321 e. The Balaban J connectivity index is 1.85. The van der Waals surface area contributed by atoms with E-state index in [0.717, 1.165) is 24.8 Å². The molecule has 1 aliphatic carbocycles. The fourth-order valence-corrected chi connectivity index (χ4v) is 2.29. The van der Waals surface area contributed by atoms with Gasteiger partial charge in [-0.2, -0.15) is 0 Å². The van der Waals surface area contributed by atoms with Gasteiger partial charge in [-0.3, -0.25) is 15.0 Å². The second-order valence-corrected chi connectivity index (χ2v) is 6.09. The van der Waals surface area contributed by atoms with Gasteiger partial charge in [0.15, 0.2) is 0 Å². The number of halogens is 1. The predicted molar refractivity (Wildman–Crippen MR) is 86.3 cm³/mol. The molecular formula is C17H24FN3O2. The van der Waals surface area contributed by atoms with E-state index in [0.29, 0.717) is 12.6 Å². The first-order valence-corrected chi connectivity index (χ1v) is 8.06. The van der Waals surface area contributed by atoms with Crippen LogP contribution in [-0.4, -0.2) is 35.5 Å². The largest absolute Gasteiger partial charge is 0.335 e. The van der Waals surface area contributed by atoms with Gasteiger partial charge in [-0.15, -0.1) is 0 Å². The van der Waals surface area contributed by atoms with E-state index in [2.05, 4.69) is 10.6 Å². The van der Waals surface area contributed by atoms with Gasteiger partial charge in [0, 0.05) is 18.6 Å². The molecule has 0 unspecified atom stereocenters. The molecule has 0 bridgehead atoms. The Hall–Kier alpha value is -1.95. The van der Waals surface area contributed by atoms with Crippen LogP contribution in [0.25, 0.3) is 0 Å². The molecule has 3 amide bonds. The molecule has 0 heterocycles. The second kappa shape index (κ2) is 8.06. The van der Waals surface area contributed by atoms with Crippen LogP contribution < -0.4 is 10.6 Å². The van der Waals surface area contributed by atoms with Crippen LogP contribution in [0.1, 0.15) is 38.7 Å². The van der Waals surface area contributed by atoms with Crippen LogP contribution in [0.5, 0.6) is 0 Å². The molecule has 0 saturated heterocycles. The number of carbonyl (C=O) groups is 2. The van der Waals surface area contributed by atoms with Crippen molar-refractivity contribution in [1.29, 1.82) is 0 Å². The summed E-state index contributed by atoms with van der Waals surface area (Å²) in [6.45, 7) is 4.58. The molecule has 0 aliphatic heterocycles. The molecule has 0 aromatic heterocycles. The Bertz CT molecular complexity index is 543. The smallest absolute Gasteiger partial charge is 0.321 e. The highest BCUT2D eigenvalue weighted by atomic mass is 19.1. The zero-order valence-electron chi connectivity index (χ0n) is 13.6. The van der Waals surface area contributed by atoms with Crippen LogP contribution in [0.3, 0.4) is 0 Å². The molecule has 1 aromatic rings. The van der Waals surface area contributed by atoms with Crippen LogP contribution in [-0.2, 0) is 11.3 Å². The number of imide groups is 1. The molecule has 1 saturated carbocycles. The summed E-state index contributed by atoms with van der Waals surface area (Å²) in [6, 6.07) is 6.21. The van der Waals surface area contributed by atoms with Gasteiger partial charge in [0.1, 0.15) is 5.82 Å². The Kier molecular flexibility index (Phi) is 6.10. The molecule has 126 valence electrons. The van der Waals surface area contributed by atoms with E-state index in [1.807, 2.05) is 18.7 Å². The second-order valence-electron chi connectivity index (χ2n) is 6.09. The maximum atomic E-state index is 13.0. The molecular weight excluding hydrogens is 297 g/mol. The number of benzene rings is 1. The molecule has 2 N–H and O–H groups in total. The summed E-state index contributed by atoms with van der Waals surface area (Å²) < 4.78 is 13.0. The van der Waals surface area contributed by atoms with Crippen LogP contribution >= 0.6 is 0 Å². The van der Waals surface area contributed by atoms with Crippen molar-refractivity contribution < 1.29 is 14.0 Å². The summed E-state index contributed by atoms with van der Waals surface area (Å²) in [7, 11) is 0. The normalized spacial score (nSPS) is 15.3. The van der Waals surface area contributed by atoms with Crippen molar-refractivity contribution in [2.45, 2.75) is 51.7 Å². The summed E-state index contributed by atoms with van der Waals surface area (Å²) >= 11 is 0. The van der Waals surface area contributed by atoms with Crippen molar-refractivity contribution >= 4 is 11.9 Å². The average Bonchev–Trinajstić information content (AvgIpc) is 3.33. The lowest BCUT2D eigenvalue weighted by Gasteiger charge is -2.21. The lowest BCUT2D eigenvalue weighted by molar-refractivity contribution is -0.121. The lowest BCUT2D eigenvalue weighted by Crippen LogP contribution is -2.47. The molecule has 6 heteroatoms. The van der Waals surface area contributed by atoms with Crippen LogP contribution in [0, 0.1) is 5.82 Å². The zero-order chi connectivity index (χ0) is 16.8. The predicted octanol–water partition coefficient (Wildman–Crippen LogP) is 2.41. The number of amides is 3. The van der Waals surface area contributed by atoms with E-state index < -0.39 is 6.03 Å². The van der Waals surface area contributed by atoms with Gasteiger partial charge in [-0.05, 0) is 43.9 Å². The summed E-state index contributed by atoms with van der Waals surface area (Å²) in [5.74, 6) is -0.592. The summed E-state index contributed by atoms with van der Waals surface area (Å²) in [5, 5.41) is 5.07. The van der Waals surface area contributed by atoms with Gasteiger partial charge in [-0.1, -0.05) is 19.1 Å². The highest BCUT2D eigenvalue weighted by molar-refractivity contribution is 5.95. The highest BCUT2D eigenvalue weighted by Gasteiger charge is 2.30.